The van der Waals surface area contributed by atoms with Crippen molar-refractivity contribution in [2.24, 2.45) is 0 Å². The highest BCUT2D eigenvalue weighted by molar-refractivity contribution is 6.02. The number of rotatable bonds is 4. The number of hydrogen-bond donors (Lipinski definition) is 3. The first-order valence-electron chi connectivity index (χ1n) is 9.60. The molecule has 8 heteroatoms. The summed E-state index contributed by atoms with van der Waals surface area (Å²) in [7, 11) is 0. The molecule has 3 N–H and O–H groups in total. The largest absolute Gasteiger partial charge is 0.454 e. The maximum absolute atomic E-state index is 13.4. The number of anilines is 2. The standard InChI is InChI=1S/C21H22FN3O4/c22-14-5-4-6-15(11-14)24-20(27)25-21(9-2-1-3-10-21)19(26)23-16-7-8-17-18(12-16)29-13-28-17/h4-8,11-12H,1-3,9-10,13H2,(H,23,26)(H2,24,25,27). The quantitative estimate of drug-likeness (QED) is 0.725. The van der Waals surface area contributed by atoms with Crippen molar-refractivity contribution in [3.05, 3.63) is 48.3 Å². The number of halogens is 1. The van der Waals surface area contributed by atoms with Crippen molar-refractivity contribution < 1.29 is 23.5 Å². The summed E-state index contributed by atoms with van der Waals surface area (Å²) in [6.07, 6.45) is 3.72. The van der Waals surface area contributed by atoms with E-state index < -0.39 is 17.4 Å². The summed E-state index contributed by atoms with van der Waals surface area (Å²) in [5.74, 6) is 0.460. The Labute approximate surface area is 167 Å². The van der Waals surface area contributed by atoms with Crippen LogP contribution >= 0.6 is 0 Å². The van der Waals surface area contributed by atoms with Crippen LogP contribution in [0.5, 0.6) is 11.5 Å². The summed E-state index contributed by atoms with van der Waals surface area (Å²) in [6.45, 7) is 0.151. The van der Waals surface area contributed by atoms with Crippen LogP contribution in [-0.2, 0) is 4.79 Å². The van der Waals surface area contributed by atoms with Gasteiger partial charge in [0.2, 0.25) is 12.7 Å². The van der Waals surface area contributed by atoms with Crippen LogP contribution in [0.4, 0.5) is 20.6 Å². The van der Waals surface area contributed by atoms with Crippen LogP contribution in [0.1, 0.15) is 32.1 Å². The van der Waals surface area contributed by atoms with E-state index in [0.29, 0.717) is 35.7 Å². The molecule has 1 heterocycles. The minimum absolute atomic E-state index is 0.151. The zero-order valence-corrected chi connectivity index (χ0v) is 15.8. The second-order valence-electron chi connectivity index (χ2n) is 7.25. The second-order valence-corrected chi connectivity index (χ2v) is 7.25. The number of carbonyl (C=O) groups is 2. The van der Waals surface area contributed by atoms with Crippen molar-refractivity contribution in [3.63, 3.8) is 0 Å². The molecule has 0 unspecified atom stereocenters. The van der Waals surface area contributed by atoms with E-state index in [0.717, 1.165) is 19.3 Å². The van der Waals surface area contributed by atoms with Crippen LogP contribution in [0.3, 0.4) is 0 Å². The summed E-state index contributed by atoms with van der Waals surface area (Å²) in [6, 6.07) is 10.2. The third-order valence-electron chi connectivity index (χ3n) is 5.21. The number of ether oxygens (including phenoxy) is 2. The number of hydrogen-bond acceptors (Lipinski definition) is 4. The maximum atomic E-state index is 13.4. The van der Waals surface area contributed by atoms with Gasteiger partial charge in [0.25, 0.3) is 0 Å². The van der Waals surface area contributed by atoms with Gasteiger partial charge in [0.1, 0.15) is 11.4 Å². The molecule has 1 aliphatic carbocycles. The number of benzene rings is 2. The van der Waals surface area contributed by atoms with E-state index in [-0.39, 0.29) is 12.7 Å². The molecule has 0 atom stereocenters. The van der Waals surface area contributed by atoms with Crippen LogP contribution in [0.25, 0.3) is 0 Å². The molecule has 1 saturated carbocycles. The Morgan fingerprint density at radius 3 is 2.45 bits per heavy atom. The first-order valence-corrected chi connectivity index (χ1v) is 9.60. The van der Waals surface area contributed by atoms with Crippen LogP contribution in [0.15, 0.2) is 42.5 Å². The molecule has 0 spiro atoms. The number of carbonyl (C=O) groups excluding carboxylic acids is 2. The monoisotopic (exact) mass is 399 g/mol. The predicted octanol–water partition coefficient (Wildman–Crippen LogP) is 4.02. The molecule has 1 fully saturated rings. The zero-order valence-electron chi connectivity index (χ0n) is 15.8. The molecule has 0 aromatic heterocycles. The van der Waals surface area contributed by atoms with Gasteiger partial charge in [-0.3, -0.25) is 4.79 Å². The molecule has 0 saturated heterocycles. The Balaban J connectivity index is 1.48. The van der Waals surface area contributed by atoms with E-state index in [1.165, 1.54) is 18.2 Å². The summed E-state index contributed by atoms with van der Waals surface area (Å²) in [4.78, 5) is 25.7. The molecule has 7 nitrogen and oxygen atoms in total. The van der Waals surface area contributed by atoms with Crippen LogP contribution < -0.4 is 25.4 Å². The minimum Gasteiger partial charge on any atom is -0.454 e. The Morgan fingerprint density at radius 2 is 1.66 bits per heavy atom. The second kappa shape index (κ2) is 7.98. The number of fused-ring (bicyclic) bond motifs is 1. The van der Waals surface area contributed by atoms with Crippen molar-refractivity contribution in [2.75, 3.05) is 17.4 Å². The normalized spacial score (nSPS) is 16.7. The average molecular weight is 399 g/mol. The summed E-state index contributed by atoms with van der Waals surface area (Å²) in [5.41, 5.74) is -0.146. The van der Waals surface area contributed by atoms with E-state index in [4.69, 9.17) is 9.47 Å². The molecule has 2 aromatic rings. The number of amides is 3. The van der Waals surface area contributed by atoms with Crippen LogP contribution in [-0.4, -0.2) is 24.3 Å². The predicted molar refractivity (Wildman–Crippen MR) is 106 cm³/mol. The smallest absolute Gasteiger partial charge is 0.320 e. The number of urea groups is 1. The molecule has 152 valence electrons. The summed E-state index contributed by atoms with van der Waals surface area (Å²) >= 11 is 0. The van der Waals surface area contributed by atoms with E-state index in [2.05, 4.69) is 16.0 Å². The van der Waals surface area contributed by atoms with Gasteiger partial charge in [-0.1, -0.05) is 25.3 Å². The SMILES string of the molecule is O=C(Nc1cccc(F)c1)NC1(C(=O)Nc2ccc3c(c2)OCO3)CCCCC1. The van der Waals surface area contributed by atoms with E-state index >= 15 is 0 Å². The van der Waals surface area contributed by atoms with Gasteiger partial charge in [0.15, 0.2) is 11.5 Å². The highest BCUT2D eigenvalue weighted by atomic mass is 19.1. The average Bonchev–Trinajstić information content (AvgIpc) is 3.16. The Hall–Kier alpha value is -3.29. The lowest BCUT2D eigenvalue weighted by molar-refractivity contribution is -0.123. The van der Waals surface area contributed by atoms with Crippen molar-refractivity contribution in [1.82, 2.24) is 5.32 Å². The molecule has 4 rings (SSSR count). The Bertz CT molecular complexity index is 928. The van der Waals surface area contributed by atoms with Gasteiger partial charge < -0.3 is 25.4 Å². The minimum atomic E-state index is -1.04. The molecule has 1 aliphatic heterocycles. The third kappa shape index (κ3) is 4.26. The first-order chi connectivity index (χ1) is 14.0. The van der Waals surface area contributed by atoms with E-state index in [1.54, 1.807) is 24.3 Å². The first kappa shape index (κ1) is 19.0. The van der Waals surface area contributed by atoms with Crippen LogP contribution in [0.2, 0.25) is 0 Å². The van der Waals surface area contributed by atoms with Crippen molar-refractivity contribution >= 4 is 23.3 Å². The zero-order chi connectivity index (χ0) is 20.3. The molecule has 29 heavy (non-hydrogen) atoms. The van der Waals surface area contributed by atoms with Gasteiger partial charge in [0, 0.05) is 17.4 Å². The fourth-order valence-corrected chi connectivity index (χ4v) is 3.74. The fourth-order valence-electron chi connectivity index (χ4n) is 3.74. The summed E-state index contributed by atoms with van der Waals surface area (Å²) in [5, 5.41) is 8.32. The molecule has 0 radical (unpaired) electrons. The van der Waals surface area contributed by atoms with E-state index in [9.17, 15) is 14.0 Å². The summed E-state index contributed by atoms with van der Waals surface area (Å²) < 4.78 is 24.0. The highest BCUT2D eigenvalue weighted by Crippen LogP contribution is 2.35. The molecular formula is C21H22FN3O4. The highest BCUT2D eigenvalue weighted by Gasteiger charge is 2.41. The van der Waals surface area contributed by atoms with Crippen molar-refractivity contribution in [2.45, 2.75) is 37.6 Å². The lowest BCUT2D eigenvalue weighted by Gasteiger charge is -2.36. The van der Waals surface area contributed by atoms with Crippen LogP contribution in [0, 0.1) is 5.82 Å². The van der Waals surface area contributed by atoms with Crippen molar-refractivity contribution in [3.8, 4) is 11.5 Å². The van der Waals surface area contributed by atoms with Gasteiger partial charge in [-0.2, -0.15) is 0 Å². The van der Waals surface area contributed by atoms with E-state index in [1.807, 2.05) is 0 Å². The van der Waals surface area contributed by atoms with Gasteiger partial charge in [-0.25, -0.2) is 9.18 Å². The lowest BCUT2D eigenvalue weighted by Crippen LogP contribution is -2.58. The topological polar surface area (TPSA) is 88.7 Å². The molecule has 3 amide bonds. The van der Waals surface area contributed by atoms with Gasteiger partial charge in [-0.15, -0.1) is 0 Å². The third-order valence-corrected chi connectivity index (χ3v) is 5.21. The van der Waals surface area contributed by atoms with Crippen molar-refractivity contribution in [1.29, 1.82) is 0 Å². The lowest BCUT2D eigenvalue weighted by atomic mass is 9.81. The fraction of sp³-hybridized carbons (Fsp3) is 0.333. The van der Waals surface area contributed by atoms with Gasteiger partial charge in [-0.05, 0) is 43.2 Å². The number of nitrogens with one attached hydrogen (secondary N) is 3. The molecule has 2 aliphatic rings. The molecule has 2 aromatic carbocycles. The van der Waals surface area contributed by atoms with Gasteiger partial charge in [0.05, 0.1) is 0 Å². The molecular weight excluding hydrogens is 377 g/mol. The Kier molecular flexibility index (Phi) is 5.24. The Morgan fingerprint density at radius 1 is 0.897 bits per heavy atom. The van der Waals surface area contributed by atoms with Gasteiger partial charge >= 0.3 is 6.03 Å². The maximum Gasteiger partial charge on any atom is 0.320 e. The molecule has 0 bridgehead atoms.